The third-order valence-corrected chi connectivity index (χ3v) is 8.24. The quantitative estimate of drug-likeness (QED) is 0.314. The van der Waals surface area contributed by atoms with E-state index in [2.05, 4.69) is 77.0 Å². The number of piperazine rings is 1. The minimum atomic E-state index is 0.746. The molecule has 2 fully saturated rings. The summed E-state index contributed by atoms with van der Waals surface area (Å²) in [5.74, 6) is 0.850. The molecule has 0 atom stereocenters. The van der Waals surface area contributed by atoms with Crippen molar-refractivity contribution in [2.45, 2.75) is 19.5 Å². The topological polar surface area (TPSA) is 60.5 Å². The van der Waals surface area contributed by atoms with Gasteiger partial charge in [0.2, 0.25) is 0 Å². The van der Waals surface area contributed by atoms with Crippen molar-refractivity contribution in [1.29, 1.82) is 0 Å². The lowest BCUT2D eigenvalue weighted by atomic mass is 10.1. The SMILES string of the molecule is Clc1ccc(CN2CCN(c3c(Br)cnc4nc(-c5ccc(CN6CCCOCC6)cc5)[nH]c34)CC2)cc1. The molecule has 0 amide bonds. The van der Waals surface area contributed by atoms with E-state index in [4.69, 9.17) is 21.3 Å². The van der Waals surface area contributed by atoms with E-state index in [9.17, 15) is 0 Å². The molecule has 0 saturated carbocycles. The van der Waals surface area contributed by atoms with Crippen molar-refractivity contribution in [3.63, 3.8) is 0 Å². The van der Waals surface area contributed by atoms with Gasteiger partial charge in [0.25, 0.3) is 0 Å². The number of rotatable bonds is 6. The van der Waals surface area contributed by atoms with E-state index in [-0.39, 0.29) is 0 Å². The minimum Gasteiger partial charge on any atom is -0.380 e. The molecule has 4 heterocycles. The number of halogens is 2. The zero-order chi connectivity index (χ0) is 25.9. The molecule has 0 bridgehead atoms. The number of benzene rings is 2. The van der Waals surface area contributed by atoms with Crippen LogP contribution < -0.4 is 4.90 Å². The van der Waals surface area contributed by atoms with Crippen molar-refractivity contribution in [2.24, 2.45) is 0 Å². The number of hydrogen-bond acceptors (Lipinski definition) is 6. The van der Waals surface area contributed by atoms with Crippen LogP contribution in [0.1, 0.15) is 17.5 Å². The Balaban J connectivity index is 1.16. The van der Waals surface area contributed by atoms with Crippen LogP contribution in [-0.2, 0) is 17.8 Å². The fourth-order valence-corrected chi connectivity index (χ4v) is 6.00. The molecule has 0 radical (unpaired) electrons. The van der Waals surface area contributed by atoms with Gasteiger partial charge in [-0.25, -0.2) is 9.97 Å². The second kappa shape index (κ2) is 11.7. The average molecular weight is 596 g/mol. The molecule has 2 aliphatic rings. The van der Waals surface area contributed by atoms with Crippen LogP contribution in [0, 0.1) is 0 Å². The Kier molecular flexibility index (Phi) is 7.95. The number of aromatic nitrogens is 3. The van der Waals surface area contributed by atoms with Crippen molar-refractivity contribution >= 4 is 44.4 Å². The molecule has 1 N–H and O–H groups in total. The van der Waals surface area contributed by atoms with Gasteiger partial charge in [0, 0.05) is 75.7 Å². The molecule has 7 nitrogen and oxygen atoms in total. The van der Waals surface area contributed by atoms with Crippen LogP contribution in [0.25, 0.3) is 22.6 Å². The summed E-state index contributed by atoms with van der Waals surface area (Å²) in [6.07, 6.45) is 2.97. The van der Waals surface area contributed by atoms with Crippen molar-refractivity contribution in [2.75, 3.05) is 57.4 Å². The van der Waals surface area contributed by atoms with Gasteiger partial charge in [-0.2, -0.15) is 0 Å². The Morgan fingerprint density at radius 1 is 0.842 bits per heavy atom. The molecule has 0 spiro atoms. The molecule has 38 heavy (non-hydrogen) atoms. The van der Waals surface area contributed by atoms with E-state index in [1.54, 1.807) is 0 Å². The lowest BCUT2D eigenvalue weighted by molar-refractivity contribution is 0.140. The highest BCUT2D eigenvalue weighted by molar-refractivity contribution is 9.10. The largest absolute Gasteiger partial charge is 0.380 e. The predicted molar refractivity (Wildman–Crippen MR) is 157 cm³/mol. The van der Waals surface area contributed by atoms with Crippen molar-refractivity contribution in [1.82, 2.24) is 24.8 Å². The Hall–Kier alpha value is -2.49. The number of ether oxygens (including phenoxy) is 1. The fraction of sp³-hybridized carbons (Fsp3) is 0.379. The summed E-state index contributed by atoms with van der Waals surface area (Å²) in [7, 11) is 0. The van der Waals surface area contributed by atoms with Crippen LogP contribution in [0.2, 0.25) is 5.02 Å². The standard InChI is InChI=1S/C29H32BrClN6O/c30-25-18-32-29-26(27(25)37-13-11-36(12-14-37)20-22-4-8-24(31)9-5-22)33-28(34-29)23-6-2-21(3-7-23)19-35-10-1-16-38-17-15-35/h2-9,18H,1,10-17,19-20H2,(H,32,33,34). The van der Waals surface area contributed by atoms with Gasteiger partial charge in [0.15, 0.2) is 5.65 Å². The van der Waals surface area contributed by atoms with E-state index in [1.807, 2.05) is 18.3 Å². The molecule has 4 aromatic rings. The molecular weight excluding hydrogens is 564 g/mol. The van der Waals surface area contributed by atoms with Gasteiger partial charge in [-0.1, -0.05) is 48.0 Å². The van der Waals surface area contributed by atoms with E-state index >= 15 is 0 Å². The molecule has 2 aromatic heterocycles. The summed E-state index contributed by atoms with van der Waals surface area (Å²) in [5.41, 5.74) is 6.54. The summed E-state index contributed by atoms with van der Waals surface area (Å²) in [6, 6.07) is 16.9. The Bertz CT molecular complexity index is 1360. The number of H-pyrrole nitrogens is 1. The molecule has 2 aliphatic heterocycles. The zero-order valence-corrected chi connectivity index (χ0v) is 23.7. The van der Waals surface area contributed by atoms with E-state index in [0.717, 1.165) is 110 Å². The second-order valence-electron chi connectivity index (χ2n) is 10.1. The molecule has 198 valence electrons. The smallest absolute Gasteiger partial charge is 0.180 e. The van der Waals surface area contributed by atoms with Crippen LogP contribution in [0.5, 0.6) is 0 Å². The second-order valence-corrected chi connectivity index (χ2v) is 11.4. The first-order chi connectivity index (χ1) is 18.6. The highest BCUT2D eigenvalue weighted by Gasteiger charge is 2.23. The monoisotopic (exact) mass is 594 g/mol. The molecule has 0 unspecified atom stereocenters. The normalized spacial score (nSPS) is 17.7. The Morgan fingerprint density at radius 2 is 1.53 bits per heavy atom. The number of anilines is 1. The van der Waals surface area contributed by atoms with Crippen LogP contribution in [0.4, 0.5) is 5.69 Å². The zero-order valence-electron chi connectivity index (χ0n) is 21.4. The van der Waals surface area contributed by atoms with Gasteiger partial charge >= 0.3 is 0 Å². The highest BCUT2D eigenvalue weighted by atomic mass is 79.9. The lowest BCUT2D eigenvalue weighted by Gasteiger charge is -2.36. The van der Waals surface area contributed by atoms with Gasteiger partial charge in [-0.05, 0) is 45.6 Å². The summed E-state index contributed by atoms with van der Waals surface area (Å²) < 4.78 is 6.58. The van der Waals surface area contributed by atoms with Crippen molar-refractivity contribution in [3.05, 3.63) is 75.4 Å². The molecule has 2 aromatic carbocycles. The first kappa shape index (κ1) is 25.8. The fourth-order valence-electron chi connectivity index (χ4n) is 5.33. The van der Waals surface area contributed by atoms with E-state index in [0.29, 0.717) is 0 Å². The van der Waals surface area contributed by atoms with Crippen LogP contribution in [-0.4, -0.2) is 77.2 Å². The Labute approximate surface area is 236 Å². The summed E-state index contributed by atoms with van der Waals surface area (Å²) in [6.45, 7) is 9.51. The number of imidazole rings is 1. The third kappa shape index (κ3) is 5.90. The molecule has 0 aliphatic carbocycles. The first-order valence-corrected chi connectivity index (χ1v) is 14.4. The van der Waals surface area contributed by atoms with Gasteiger partial charge in [-0.15, -0.1) is 0 Å². The van der Waals surface area contributed by atoms with Crippen LogP contribution in [0.15, 0.2) is 59.2 Å². The molecule has 9 heteroatoms. The van der Waals surface area contributed by atoms with E-state index < -0.39 is 0 Å². The van der Waals surface area contributed by atoms with Crippen LogP contribution in [0.3, 0.4) is 0 Å². The predicted octanol–water partition coefficient (Wildman–Crippen LogP) is 5.59. The molecule has 2 saturated heterocycles. The maximum Gasteiger partial charge on any atom is 0.180 e. The van der Waals surface area contributed by atoms with Crippen molar-refractivity contribution < 1.29 is 4.74 Å². The first-order valence-electron chi connectivity index (χ1n) is 13.3. The van der Waals surface area contributed by atoms with Crippen LogP contribution >= 0.6 is 27.5 Å². The van der Waals surface area contributed by atoms with Gasteiger partial charge in [0.05, 0.1) is 16.8 Å². The minimum absolute atomic E-state index is 0.746. The average Bonchev–Trinajstić information content (AvgIpc) is 3.20. The highest BCUT2D eigenvalue weighted by Crippen LogP contribution is 2.34. The number of fused-ring (bicyclic) bond motifs is 1. The maximum atomic E-state index is 6.05. The van der Waals surface area contributed by atoms with Gasteiger partial charge in [-0.3, -0.25) is 9.80 Å². The number of nitrogens with zero attached hydrogens (tertiary/aromatic N) is 5. The number of aromatic amines is 1. The van der Waals surface area contributed by atoms with Gasteiger partial charge < -0.3 is 14.6 Å². The maximum absolute atomic E-state index is 6.05. The Morgan fingerprint density at radius 3 is 2.26 bits per heavy atom. The summed E-state index contributed by atoms with van der Waals surface area (Å²) >= 11 is 9.81. The number of nitrogens with one attached hydrogen (secondary N) is 1. The van der Waals surface area contributed by atoms with E-state index in [1.165, 1.54) is 11.1 Å². The van der Waals surface area contributed by atoms with Crippen molar-refractivity contribution in [3.8, 4) is 11.4 Å². The number of pyridine rings is 1. The molecular formula is C29H32BrClN6O. The molecule has 6 rings (SSSR count). The summed E-state index contributed by atoms with van der Waals surface area (Å²) in [4.78, 5) is 20.4. The third-order valence-electron chi connectivity index (χ3n) is 7.40. The number of hydrogen-bond donors (Lipinski definition) is 1. The lowest BCUT2D eigenvalue weighted by Crippen LogP contribution is -2.46. The van der Waals surface area contributed by atoms with Gasteiger partial charge in [0.1, 0.15) is 11.3 Å². The summed E-state index contributed by atoms with van der Waals surface area (Å²) in [5, 5.41) is 0.781.